The van der Waals surface area contributed by atoms with Gasteiger partial charge in [-0.05, 0) is 62.2 Å². The molecule has 2 heterocycles. The number of nitrogens with zero attached hydrogens (tertiary/aromatic N) is 2. The van der Waals surface area contributed by atoms with Crippen LogP contribution in [0.5, 0.6) is 5.75 Å². The molecule has 0 unspecified atom stereocenters. The lowest BCUT2D eigenvalue weighted by Gasteiger charge is -2.44. The van der Waals surface area contributed by atoms with Gasteiger partial charge in [-0.25, -0.2) is 0 Å². The summed E-state index contributed by atoms with van der Waals surface area (Å²) in [5, 5.41) is 9.52. The number of esters is 1. The fourth-order valence-corrected chi connectivity index (χ4v) is 4.56. The number of nitriles is 1. The van der Waals surface area contributed by atoms with E-state index in [0.29, 0.717) is 22.4 Å². The van der Waals surface area contributed by atoms with Crippen LogP contribution in [0, 0.1) is 11.3 Å². The van der Waals surface area contributed by atoms with E-state index in [-0.39, 0.29) is 17.6 Å². The molecule has 1 aliphatic heterocycles. The fourth-order valence-electron chi connectivity index (χ4n) is 4.11. The van der Waals surface area contributed by atoms with Crippen molar-refractivity contribution in [2.45, 2.75) is 84.4 Å². The van der Waals surface area contributed by atoms with Gasteiger partial charge in [0, 0.05) is 24.2 Å². The SMILES string of the molecule is CC(=O)O[C@@H]1[C@@H](n2cc(C(C)(C)C)cc(CO[Si](C)C)c2=O)c2cc(C#N)ccc2OC1(C)C. The minimum Gasteiger partial charge on any atom is -0.484 e. The highest BCUT2D eigenvalue weighted by Crippen LogP contribution is 2.43. The largest absolute Gasteiger partial charge is 0.484 e. The fraction of sp³-hybridized carbons (Fsp3) is 0.500. The molecule has 3 rings (SSSR count). The molecule has 0 N–H and O–H groups in total. The van der Waals surface area contributed by atoms with Crippen molar-refractivity contribution in [2.24, 2.45) is 0 Å². The number of hydrogen-bond donors (Lipinski definition) is 0. The van der Waals surface area contributed by atoms with Crippen LogP contribution in [0.3, 0.4) is 0 Å². The van der Waals surface area contributed by atoms with E-state index in [2.05, 4.69) is 26.8 Å². The van der Waals surface area contributed by atoms with E-state index in [0.717, 1.165) is 5.56 Å². The summed E-state index contributed by atoms with van der Waals surface area (Å²) in [6.45, 7) is 15.5. The molecule has 1 aromatic carbocycles. The summed E-state index contributed by atoms with van der Waals surface area (Å²) in [5.74, 6) is 0.0789. The molecule has 0 saturated heterocycles. The second kappa shape index (κ2) is 9.39. The zero-order valence-corrected chi connectivity index (χ0v) is 22.2. The number of carbonyl (C=O) groups is 1. The maximum Gasteiger partial charge on any atom is 0.303 e. The molecule has 8 heteroatoms. The monoisotopic (exact) mass is 481 g/mol. The van der Waals surface area contributed by atoms with E-state index < -0.39 is 32.8 Å². The topological polar surface area (TPSA) is 90.5 Å². The van der Waals surface area contributed by atoms with Gasteiger partial charge in [0.1, 0.15) is 17.4 Å². The van der Waals surface area contributed by atoms with Gasteiger partial charge in [0.25, 0.3) is 5.56 Å². The average Bonchev–Trinajstić information content (AvgIpc) is 2.72. The number of hydrogen-bond acceptors (Lipinski definition) is 6. The third-order valence-corrected chi connectivity index (χ3v) is 6.62. The van der Waals surface area contributed by atoms with Gasteiger partial charge in [0.15, 0.2) is 6.10 Å². The number of aromatic nitrogens is 1. The molecular weight excluding hydrogens is 448 g/mol. The van der Waals surface area contributed by atoms with Gasteiger partial charge in [0.2, 0.25) is 9.04 Å². The van der Waals surface area contributed by atoms with Crippen LogP contribution in [0.4, 0.5) is 0 Å². The second-order valence-electron chi connectivity index (χ2n) is 10.5. The van der Waals surface area contributed by atoms with Gasteiger partial charge in [-0.15, -0.1) is 0 Å². The van der Waals surface area contributed by atoms with Gasteiger partial charge < -0.3 is 18.5 Å². The molecule has 0 aliphatic carbocycles. The van der Waals surface area contributed by atoms with Crippen molar-refractivity contribution in [1.82, 2.24) is 4.57 Å². The Labute approximate surface area is 203 Å². The highest BCUT2D eigenvalue weighted by molar-refractivity contribution is 6.48. The summed E-state index contributed by atoms with van der Waals surface area (Å²) in [4.78, 5) is 25.9. The Morgan fingerprint density at radius 1 is 1.26 bits per heavy atom. The summed E-state index contributed by atoms with van der Waals surface area (Å²) in [5.41, 5.74) is 1.17. The minimum atomic E-state index is -1.01. The van der Waals surface area contributed by atoms with E-state index >= 15 is 0 Å². The molecule has 0 spiro atoms. The first-order chi connectivity index (χ1) is 15.7. The predicted molar refractivity (Wildman–Crippen MR) is 131 cm³/mol. The quantitative estimate of drug-likeness (QED) is 0.462. The first-order valence-corrected chi connectivity index (χ1v) is 13.7. The van der Waals surface area contributed by atoms with Crippen molar-refractivity contribution in [2.75, 3.05) is 0 Å². The summed E-state index contributed by atoms with van der Waals surface area (Å²) < 4.78 is 19.5. The smallest absolute Gasteiger partial charge is 0.303 e. The molecule has 2 atom stereocenters. The minimum absolute atomic E-state index is 0.208. The zero-order valence-electron chi connectivity index (χ0n) is 21.2. The van der Waals surface area contributed by atoms with Crippen LogP contribution < -0.4 is 10.3 Å². The Kier molecular flexibility index (Phi) is 7.11. The standard InChI is InChI=1S/C26H33N2O5Si/c1-16(29)32-23-22(20-11-17(13-27)9-10-21(20)33-26(23,5)6)28-14-19(25(2,3)4)12-18(24(28)30)15-31-34(7)8/h9-12,14,22-23H,15H2,1-8H3/t22-,23+/m0/s1. The summed E-state index contributed by atoms with van der Waals surface area (Å²) in [7, 11) is -1.01. The summed E-state index contributed by atoms with van der Waals surface area (Å²) in [6.07, 6.45) is 1.03. The van der Waals surface area contributed by atoms with Crippen molar-refractivity contribution in [1.29, 1.82) is 5.26 Å². The molecule has 1 aromatic heterocycles. The van der Waals surface area contributed by atoms with Crippen LogP contribution in [-0.2, 0) is 26.0 Å². The Balaban J connectivity index is 2.35. The molecule has 0 amide bonds. The Bertz CT molecular complexity index is 1190. The maximum absolute atomic E-state index is 13.8. The number of pyridine rings is 1. The predicted octanol–water partition coefficient (Wildman–Crippen LogP) is 4.48. The molecule has 0 bridgehead atoms. The number of carbonyl (C=O) groups excluding carboxylic acids is 1. The number of rotatable bonds is 5. The van der Waals surface area contributed by atoms with Crippen LogP contribution >= 0.6 is 0 Å². The van der Waals surface area contributed by atoms with Gasteiger partial charge in [-0.3, -0.25) is 9.59 Å². The third kappa shape index (κ3) is 5.26. The summed E-state index contributed by atoms with van der Waals surface area (Å²) in [6, 6.07) is 8.49. The molecule has 1 aliphatic rings. The first-order valence-electron chi connectivity index (χ1n) is 11.3. The molecule has 181 valence electrons. The van der Waals surface area contributed by atoms with Crippen molar-refractivity contribution < 1.29 is 18.7 Å². The summed E-state index contributed by atoms with van der Waals surface area (Å²) >= 11 is 0. The molecule has 2 aromatic rings. The molecular formula is C26H33N2O5Si. The van der Waals surface area contributed by atoms with Crippen molar-refractivity contribution in [3.63, 3.8) is 0 Å². The van der Waals surface area contributed by atoms with Gasteiger partial charge in [-0.1, -0.05) is 20.8 Å². The lowest BCUT2D eigenvalue weighted by molar-refractivity contribution is -0.163. The van der Waals surface area contributed by atoms with Crippen molar-refractivity contribution in [3.8, 4) is 11.8 Å². The molecule has 7 nitrogen and oxygen atoms in total. The Morgan fingerprint density at radius 2 is 1.94 bits per heavy atom. The molecule has 1 radical (unpaired) electrons. The lowest BCUT2D eigenvalue weighted by atomic mass is 9.84. The third-order valence-electron chi connectivity index (χ3n) is 5.89. The highest BCUT2D eigenvalue weighted by atomic mass is 28.3. The first kappa shape index (κ1) is 25.7. The van der Waals surface area contributed by atoms with E-state index in [1.54, 1.807) is 22.8 Å². The van der Waals surface area contributed by atoms with E-state index in [4.69, 9.17) is 13.9 Å². The van der Waals surface area contributed by atoms with Crippen LogP contribution in [0.2, 0.25) is 13.1 Å². The average molecular weight is 482 g/mol. The zero-order chi connectivity index (χ0) is 25.4. The van der Waals surface area contributed by atoms with Crippen LogP contribution in [0.15, 0.2) is 35.3 Å². The highest BCUT2D eigenvalue weighted by Gasteiger charge is 2.48. The van der Waals surface area contributed by atoms with Crippen LogP contribution in [0.25, 0.3) is 0 Å². The Morgan fingerprint density at radius 3 is 2.50 bits per heavy atom. The number of ether oxygens (including phenoxy) is 2. The van der Waals surface area contributed by atoms with E-state index in [9.17, 15) is 14.9 Å². The van der Waals surface area contributed by atoms with Gasteiger partial charge in [0.05, 0.1) is 18.2 Å². The van der Waals surface area contributed by atoms with E-state index in [1.165, 1.54) is 6.92 Å². The second-order valence-corrected chi connectivity index (χ2v) is 12.6. The van der Waals surface area contributed by atoms with Crippen LogP contribution in [0.1, 0.15) is 69.8 Å². The Hall–Kier alpha value is -2.89. The molecule has 0 fully saturated rings. The van der Waals surface area contributed by atoms with Crippen LogP contribution in [-0.4, -0.2) is 31.3 Å². The number of benzene rings is 1. The normalized spacial score (nSPS) is 19.2. The van der Waals surface area contributed by atoms with Gasteiger partial charge >= 0.3 is 5.97 Å². The number of fused-ring (bicyclic) bond motifs is 1. The molecule has 34 heavy (non-hydrogen) atoms. The van der Waals surface area contributed by atoms with Crippen molar-refractivity contribution >= 4 is 15.0 Å². The maximum atomic E-state index is 13.8. The van der Waals surface area contributed by atoms with Gasteiger partial charge in [-0.2, -0.15) is 5.26 Å². The lowest BCUT2D eigenvalue weighted by Crippen LogP contribution is -2.54. The van der Waals surface area contributed by atoms with Crippen molar-refractivity contribution in [3.05, 3.63) is 63.1 Å². The molecule has 0 saturated carbocycles. The van der Waals surface area contributed by atoms with E-state index in [1.807, 2.05) is 39.2 Å².